The van der Waals surface area contributed by atoms with Gasteiger partial charge in [-0.25, -0.2) is 9.97 Å². The Labute approximate surface area is 147 Å². The van der Waals surface area contributed by atoms with Crippen LogP contribution >= 0.6 is 34.4 Å². The largest absolute Gasteiger partial charge is 0.348 e. The quantitative estimate of drug-likeness (QED) is 0.541. The average molecular weight is 364 g/mol. The van der Waals surface area contributed by atoms with Crippen molar-refractivity contribution >= 4 is 50.6 Å². The first-order chi connectivity index (χ1) is 11.1. The van der Waals surface area contributed by atoms with Gasteiger partial charge in [0.15, 0.2) is 0 Å². The molecule has 1 N–H and O–H groups in total. The molecule has 1 atom stereocenters. The maximum atomic E-state index is 12.2. The van der Waals surface area contributed by atoms with Crippen molar-refractivity contribution in [3.8, 4) is 0 Å². The van der Waals surface area contributed by atoms with Gasteiger partial charge in [-0.1, -0.05) is 17.8 Å². The molecule has 1 amide bonds. The molecule has 3 rings (SSSR count). The summed E-state index contributed by atoms with van der Waals surface area (Å²) in [6.07, 6.45) is 1.58. The lowest BCUT2D eigenvalue weighted by atomic mass is 10.2. The number of nitrogens with zero attached hydrogens (tertiary/aromatic N) is 2. The van der Waals surface area contributed by atoms with Crippen molar-refractivity contribution in [2.75, 3.05) is 5.75 Å². The molecule has 1 unspecified atom stereocenters. The molecule has 3 heterocycles. The molecule has 0 aliphatic rings. The highest BCUT2D eigenvalue weighted by Gasteiger charge is 2.15. The molecule has 120 valence electrons. The van der Waals surface area contributed by atoms with Crippen molar-refractivity contribution in [2.45, 2.75) is 31.8 Å². The Morgan fingerprint density at radius 1 is 1.39 bits per heavy atom. The molecule has 0 aliphatic carbocycles. The number of thiophene rings is 2. The Balaban J connectivity index is 1.67. The van der Waals surface area contributed by atoms with E-state index in [0.717, 1.165) is 20.1 Å². The molecule has 4 nitrogen and oxygen atoms in total. The van der Waals surface area contributed by atoms with E-state index in [2.05, 4.69) is 29.1 Å². The minimum Gasteiger partial charge on any atom is -0.348 e. The van der Waals surface area contributed by atoms with E-state index in [1.54, 1.807) is 29.0 Å². The van der Waals surface area contributed by atoms with E-state index in [0.29, 0.717) is 5.75 Å². The van der Waals surface area contributed by atoms with E-state index in [4.69, 9.17) is 0 Å². The standard InChI is InChI=1S/C16H17N3OS3/c1-9-11(3)23-16-14(9)15(17-8-18-16)22-7-13(20)19-10(2)12-5-4-6-21-12/h4-6,8,10H,7H2,1-3H3,(H,19,20). The lowest BCUT2D eigenvalue weighted by molar-refractivity contribution is -0.119. The molecular formula is C16H17N3OS3. The van der Waals surface area contributed by atoms with Gasteiger partial charge in [0.25, 0.3) is 0 Å². The fraction of sp³-hybridized carbons (Fsp3) is 0.312. The Morgan fingerprint density at radius 3 is 2.96 bits per heavy atom. The monoisotopic (exact) mass is 363 g/mol. The van der Waals surface area contributed by atoms with Gasteiger partial charge in [0.05, 0.1) is 11.8 Å². The maximum absolute atomic E-state index is 12.2. The molecule has 0 aromatic carbocycles. The maximum Gasteiger partial charge on any atom is 0.230 e. The number of fused-ring (bicyclic) bond motifs is 1. The van der Waals surface area contributed by atoms with Crippen molar-refractivity contribution in [1.29, 1.82) is 0 Å². The van der Waals surface area contributed by atoms with Crippen LogP contribution in [0.2, 0.25) is 0 Å². The van der Waals surface area contributed by atoms with Crippen LogP contribution in [-0.4, -0.2) is 21.6 Å². The Kier molecular flexibility index (Phi) is 4.99. The molecule has 7 heteroatoms. The minimum atomic E-state index is 0.0206. The summed E-state index contributed by atoms with van der Waals surface area (Å²) in [5.41, 5.74) is 1.21. The third-order valence-corrected chi connectivity index (χ3v) is 6.78. The van der Waals surface area contributed by atoms with E-state index in [9.17, 15) is 4.79 Å². The minimum absolute atomic E-state index is 0.0206. The van der Waals surface area contributed by atoms with Crippen molar-refractivity contribution in [3.63, 3.8) is 0 Å². The molecule has 0 bridgehead atoms. The van der Waals surface area contributed by atoms with Gasteiger partial charge < -0.3 is 5.32 Å². The number of hydrogen-bond donors (Lipinski definition) is 1. The first-order valence-corrected chi connectivity index (χ1v) is 9.90. The third-order valence-electron chi connectivity index (χ3n) is 3.62. The number of hydrogen-bond acceptors (Lipinski definition) is 6. The number of carbonyl (C=O) groups is 1. The van der Waals surface area contributed by atoms with E-state index in [1.165, 1.54) is 22.2 Å². The SMILES string of the molecule is Cc1sc2ncnc(SCC(=O)NC(C)c3cccs3)c2c1C. The second kappa shape index (κ2) is 6.98. The highest BCUT2D eigenvalue weighted by atomic mass is 32.2. The third kappa shape index (κ3) is 3.57. The van der Waals surface area contributed by atoms with Crippen LogP contribution in [0.4, 0.5) is 0 Å². The predicted molar refractivity (Wildman–Crippen MR) is 98.5 cm³/mol. The second-order valence-electron chi connectivity index (χ2n) is 5.24. The lowest BCUT2D eigenvalue weighted by Gasteiger charge is -2.12. The van der Waals surface area contributed by atoms with E-state index in [1.807, 2.05) is 24.4 Å². The van der Waals surface area contributed by atoms with Crippen LogP contribution in [0.15, 0.2) is 28.9 Å². The summed E-state index contributed by atoms with van der Waals surface area (Å²) in [5.74, 6) is 0.378. The van der Waals surface area contributed by atoms with Crippen LogP contribution < -0.4 is 5.32 Å². The van der Waals surface area contributed by atoms with Gasteiger partial charge in [-0.05, 0) is 37.8 Å². The first kappa shape index (κ1) is 16.4. The molecule has 0 saturated heterocycles. The molecule has 23 heavy (non-hydrogen) atoms. The average Bonchev–Trinajstić information content (AvgIpc) is 3.15. The highest BCUT2D eigenvalue weighted by molar-refractivity contribution is 8.00. The number of aromatic nitrogens is 2. The van der Waals surface area contributed by atoms with Gasteiger partial charge >= 0.3 is 0 Å². The van der Waals surface area contributed by atoms with Gasteiger partial charge in [0, 0.05) is 15.1 Å². The smallest absolute Gasteiger partial charge is 0.230 e. The number of nitrogens with one attached hydrogen (secondary N) is 1. The van der Waals surface area contributed by atoms with Crippen LogP contribution in [0, 0.1) is 13.8 Å². The van der Waals surface area contributed by atoms with E-state index < -0.39 is 0 Å². The number of amides is 1. The molecule has 0 fully saturated rings. The fourth-order valence-corrected chi connectivity index (χ4v) is 4.95. The van der Waals surface area contributed by atoms with E-state index in [-0.39, 0.29) is 11.9 Å². The molecule has 0 aliphatic heterocycles. The number of thioether (sulfide) groups is 1. The predicted octanol–water partition coefficient (Wildman–Crippen LogP) is 4.34. The molecular weight excluding hydrogens is 346 g/mol. The fourth-order valence-electron chi connectivity index (χ4n) is 2.29. The van der Waals surface area contributed by atoms with E-state index >= 15 is 0 Å². The Morgan fingerprint density at radius 2 is 2.22 bits per heavy atom. The van der Waals surface area contributed by atoms with Crippen LogP contribution in [0.5, 0.6) is 0 Å². The summed E-state index contributed by atoms with van der Waals surface area (Å²) < 4.78 is 0. The normalized spacial score (nSPS) is 12.5. The molecule has 0 saturated carbocycles. The van der Waals surface area contributed by atoms with Gasteiger partial charge in [-0.3, -0.25) is 4.79 Å². The van der Waals surface area contributed by atoms with Crippen molar-refractivity contribution in [3.05, 3.63) is 39.2 Å². The molecule has 3 aromatic heterocycles. The summed E-state index contributed by atoms with van der Waals surface area (Å²) in [4.78, 5) is 24.3. The molecule has 0 spiro atoms. The van der Waals surface area contributed by atoms with Crippen molar-refractivity contribution in [1.82, 2.24) is 15.3 Å². The Bertz CT molecular complexity index is 827. The molecule has 0 radical (unpaired) electrons. The van der Waals surface area contributed by atoms with Crippen molar-refractivity contribution < 1.29 is 4.79 Å². The summed E-state index contributed by atoms with van der Waals surface area (Å²) in [7, 11) is 0. The van der Waals surface area contributed by atoms with Gasteiger partial charge in [0.1, 0.15) is 16.2 Å². The summed E-state index contributed by atoms with van der Waals surface area (Å²) >= 11 is 4.80. The zero-order valence-electron chi connectivity index (χ0n) is 13.1. The summed E-state index contributed by atoms with van der Waals surface area (Å²) in [6, 6.07) is 4.07. The van der Waals surface area contributed by atoms with Crippen LogP contribution in [0.3, 0.4) is 0 Å². The first-order valence-electron chi connectivity index (χ1n) is 7.22. The van der Waals surface area contributed by atoms with Crippen LogP contribution in [0.25, 0.3) is 10.2 Å². The zero-order chi connectivity index (χ0) is 16.4. The summed E-state index contributed by atoms with van der Waals surface area (Å²) in [5, 5.41) is 7.02. The number of carbonyl (C=O) groups excluding carboxylic acids is 1. The van der Waals surface area contributed by atoms with Gasteiger partial charge in [-0.15, -0.1) is 22.7 Å². The Hall–Kier alpha value is -1.44. The lowest BCUT2D eigenvalue weighted by Crippen LogP contribution is -2.27. The summed E-state index contributed by atoms with van der Waals surface area (Å²) in [6.45, 7) is 6.18. The second-order valence-corrected chi connectivity index (χ2v) is 8.38. The van der Waals surface area contributed by atoms with Crippen molar-refractivity contribution in [2.24, 2.45) is 0 Å². The molecule has 3 aromatic rings. The van der Waals surface area contributed by atoms with Crippen LogP contribution in [0.1, 0.15) is 28.3 Å². The number of rotatable bonds is 5. The van der Waals surface area contributed by atoms with Crippen LogP contribution in [-0.2, 0) is 4.79 Å². The van der Waals surface area contributed by atoms with Gasteiger partial charge in [-0.2, -0.15) is 0 Å². The topological polar surface area (TPSA) is 54.9 Å². The number of aryl methyl sites for hydroxylation is 2. The highest BCUT2D eigenvalue weighted by Crippen LogP contribution is 2.34. The zero-order valence-corrected chi connectivity index (χ0v) is 15.6. The van der Waals surface area contributed by atoms with Gasteiger partial charge in [0.2, 0.25) is 5.91 Å².